The molecule has 0 aliphatic heterocycles. The van der Waals surface area contributed by atoms with Gasteiger partial charge in [-0.05, 0) is 25.3 Å². The summed E-state index contributed by atoms with van der Waals surface area (Å²) in [4.78, 5) is 16.3. The Kier molecular flexibility index (Phi) is 5.32. The molecule has 1 aliphatic rings. The van der Waals surface area contributed by atoms with Crippen LogP contribution in [0, 0.1) is 11.8 Å². The topological polar surface area (TPSA) is 71.5 Å². The van der Waals surface area contributed by atoms with Crippen LogP contribution < -0.4 is 5.32 Å². The molecule has 5 heteroatoms. The molecule has 1 aromatic rings. The second-order valence-electron chi connectivity index (χ2n) is 5.12. The van der Waals surface area contributed by atoms with Gasteiger partial charge in [-0.15, -0.1) is 0 Å². The number of aromatic nitrogens is 1. The van der Waals surface area contributed by atoms with E-state index in [2.05, 4.69) is 22.1 Å². The molecule has 0 unspecified atom stereocenters. The number of methoxy groups -OCH3 is 1. The number of nitrogens with zero attached hydrogens (tertiary/aromatic N) is 1. The largest absolute Gasteiger partial charge is 0.395 e. The van der Waals surface area contributed by atoms with Crippen molar-refractivity contribution in [3.63, 3.8) is 0 Å². The summed E-state index contributed by atoms with van der Waals surface area (Å²) in [6.07, 6.45) is 6.60. The van der Waals surface area contributed by atoms with Gasteiger partial charge in [-0.2, -0.15) is 0 Å². The summed E-state index contributed by atoms with van der Waals surface area (Å²) in [6.45, 7) is 0.513. The van der Waals surface area contributed by atoms with Gasteiger partial charge in [0.1, 0.15) is 0 Å². The maximum atomic E-state index is 12.3. The number of hydrogen-bond acceptors (Lipinski definition) is 4. The van der Waals surface area contributed by atoms with Crippen LogP contribution in [0.3, 0.4) is 0 Å². The van der Waals surface area contributed by atoms with Gasteiger partial charge in [0.25, 0.3) is 5.91 Å². The second-order valence-corrected chi connectivity index (χ2v) is 5.12. The average molecular weight is 288 g/mol. The molecule has 0 aromatic carbocycles. The second kappa shape index (κ2) is 7.21. The number of carbonyl (C=O) groups excluding carboxylic acids is 1. The van der Waals surface area contributed by atoms with Gasteiger partial charge < -0.3 is 15.2 Å². The highest BCUT2D eigenvalue weighted by Crippen LogP contribution is 2.34. The predicted molar refractivity (Wildman–Crippen MR) is 78.7 cm³/mol. The minimum Gasteiger partial charge on any atom is -0.395 e. The molecule has 21 heavy (non-hydrogen) atoms. The van der Waals surface area contributed by atoms with Crippen molar-refractivity contribution in [2.75, 3.05) is 20.3 Å². The van der Waals surface area contributed by atoms with Gasteiger partial charge in [0.05, 0.1) is 23.3 Å². The Morgan fingerprint density at radius 2 is 2.38 bits per heavy atom. The fraction of sp³-hybridized carbons (Fsp3) is 0.500. The van der Waals surface area contributed by atoms with Crippen molar-refractivity contribution in [2.45, 2.75) is 31.3 Å². The number of aliphatic hydroxyl groups excluding tert-OH is 1. The monoisotopic (exact) mass is 288 g/mol. The van der Waals surface area contributed by atoms with Crippen molar-refractivity contribution in [2.24, 2.45) is 0 Å². The minimum atomic E-state index is -0.203. The summed E-state index contributed by atoms with van der Waals surface area (Å²) in [7, 11) is 1.68. The number of carbonyl (C=O) groups is 1. The summed E-state index contributed by atoms with van der Waals surface area (Å²) in [5, 5.41) is 11.7. The van der Waals surface area contributed by atoms with E-state index in [4.69, 9.17) is 9.84 Å². The molecule has 112 valence electrons. The van der Waals surface area contributed by atoms with Gasteiger partial charge >= 0.3 is 0 Å². The van der Waals surface area contributed by atoms with E-state index in [1.165, 1.54) is 0 Å². The molecule has 0 atom stereocenters. The smallest absolute Gasteiger partial charge is 0.252 e. The minimum absolute atomic E-state index is 0.00511. The van der Waals surface area contributed by atoms with E-state index >= 15 is 0 Å². The van der Waals surface area contributed by atoms with Crippen LogP contribution in [-0.2, 0) is 4.74 Å². The molecular formula is C16H20N2O3. The molecule has 5 nitrogen and oxygen atoms in total. The predicted octanol–water partition coefficient (Wildman–Crippen LogP) is 1.11. The average Bonchev–Trinajstić information content (AvgIpc) is 2.47. The van der Waals surface area contributed by atoms with Gasteiger partial charge in [0, 0.05) is 32.5 Å². The van der Waals surface area contributed by atoms with Gasteiger partial charge in [-0.1, -0.05) is 11.8 Å². The molecule has 0 radical (unpaired) electrons. The summed E-state index contributed by atoms with van der Waals surface area (Å²) < 4.78 is 5.49. The first kappa shape index (κ1) is 15.5. The normalized spacial score (nSPS) is 15.5. The van der Waals surface area contributed by atoms with Crippen LogP contribution in [0.5, 0.6) is 0 Å². The van der Waals surface area contributed by atoms with Gasteiger partial charge in [-0.3, -0.25) is 9.78 Å². The van der Waals surface area contributed by atoms with Crippen molar-refractivity contribution in [3.8, 4) is 11.8 Å². The van der Waals surface area contributed by atoms with Crippen molar-refractivity contribution in [1.29, 1.82) is 0 Å². The molecular weight excluding hydrogens is 268 g/mol. The Hall–Kier alpha value is -1.90. The number of nitrogens with one attached hydrogen (secondary N) is 1. The van der Waals surface area contributed by atoms with Gasteiger partial charge in [-0.25, -0.2) is 0 Å². The number of hydrogen-bond donors (Lipinski definition) is 2. The molecule has 1 aliphatic carbocycles. The van der Waals surface area contributed by atoms with Crippen LogP contribution in [0.4, 0.5) is 0 Å². The van der Waals surface area contributed by atoms with Crippen molar-refractivity contribution >= 4 is 5.91 Å². The lowest BCUT2D eigenvalue weighted by Crippen LogP contribution is -2.49. The van der Waals surface area contributed by atoms with Crippen LogP contribution in [0.15, 0.2) is 18.5 Å². The lowest BCUT2D eigenvalue weighted by molar-refractivity contribution is -0.0679. The molecule has 2 rings (SSSR count). The van der Waals surface area contributed by atoms with Gasteiger partial charge in [0.2, 0.25) is 0 Å². The first-order valence-corrected chi connectivity index (χ1v) is 7.08. The lowest BCUT2D eigenvalue weighted by Gasteiger charge is -2.40. The molecule has 1 aromatic heterocycles. The highest BCUT2D eigenvalue weighted by molar-refractivity contribution is 5.96. The molecule has 0 spiro atoms. The Morgan fingerprint density at radius 3 is 3.00 bits per heavy atom. The molecule has 0 saturated heterocycles. The number of ether oxygens (including phenoxy) is 1. The summed E-state index contributed by atoms with van der Waals surface area (Å²) in [6, 6.07) is 1.65. The molecule has 1 saturated carbocycles. The van der Waals surface area contributed by atoms with Crippen LogP contribution in [0.1, 0.15) is 41.6 Å². The summed E-state index contributed by atoms with van der Waals surface area (Å²) >= 11 is 0. The fourth-order valence-electron chi connectivity index (χ4n) is 2.27. The number of pyridine rings is 1. The zero-order chi connectivity index (χ0) is 15.1. The maximum absolute atomic E-state index is 12.3. The maximum Gasteiger partial charge on any atom is 0.252 e. The Labute approximate surface area is 124 Å². The first-order valence-electron chi connectivity index (χ1n) is 7.08. The Morgan fingerprint density at radius 1 is 1.57 bits per heavy atom. The zero-order valence-electron chi connectivity index (χ0n) is 12.2. The molecule has 2 N–H and O–H groups in total. The van der Waals surface area contributed by atoms with Crippen molar-refractivity contribution in [3.05, 3.63) is 29.6 Å². The van der Waals surface area contributed by atoms with Crippen LogP contribution in [0.2, 0.25) is 0 Å². The van der Waals surface area contributed by atoms with Crippen LogP contribution in [0.25, 0.3) is 0 Å². The van der Waals surface area contributed by atoms with Crippen molar-refractivity contribution < 1.29 is 14.6 Å². The Bertz CT molecular complexity index is 551. The summed E-state index contributed by atoms with van der Waals surface area (Å²) in [5.41, 5.74) is 0.871. The van der Waals surface area contributed by atoms with E-state index in [-0.39, 0.29) is 18.1 Å². The fourth-order valence-corrected chi connectivity index (χ4v) is 2.27. The van der Waals surface area contributed by atoms with E-state index in [1.807, 2.05) is 0 Å². The molecule has 0 bridgehead atoms. The van der Waals surface area contributed by atoms with E-state index in [9.17, 15) is 4.79 Å². The van der Waals surface area contributed by atoms with E-state index in [0.29, 0.717) is 24.1 Å². The number of rotatable bonds is 5. The van der Waals surface area contributed by atoms with E-state index in [0.717, 1.165) is 19.3 Å². The third-order valence-corrected chi connectivity index (χ3v) is 3.79. The lowest BCUT2D eigenvalue weighted by atomic mass is 9.80. The number of amides is 1. The highest BCUT2D eigenvalue weighted by atomic mass is 16.5. The van der Waals surface area contributed by atoms with Crippen molar-refractivity contribution in [1.82, 2.24) is 10.3 Å². The zero-order valence-corrected chi connectivity index (χ0v) is 12.2. The SMILES string of the molecule is COC1(CNC(=O)c2ccncc2C#CCCO)CCC1. The standard InChI is InChI=1S/C16H20N2O3/c1-21-16(7-4-8-16)12-18-15(20)14-6-9-17-11-13(14)5-2-3-10-19/h6,9,11,19H,3-4,7-8,10,12H2,1H3,(H,18,20). The third kappa shape index (κ3) is 3.81. The Balaban J connectivity index is 2.04. The molecule has 1 heterocycles. The molecule has 1 fully saturated rings. The highest BCUT2D eigenvalue weighted by Gasteiger charge is 2.37. The van der Waals surface area contributed by atoms with Gasteiger partial charge in [0.15, 0.2) is 0 Å². The molecule has 1 amide bonds. The summed E-state index contributed by atoms with van der Waals surface area (Å²) in [5.74, 6) is 5.51. The third-order valence-electron chi connectivity index (χ3n) is 3.79. The van der Waals surface area contributed by atoms with Crippen LogP contribution >= 0.6 is 0 Å². The van der Waals surface area contributed by atoms with E-state index in [1.54, 1.807) is 25.6 Å². The van der Waals surface area contributed by atoms with Crippen LogP contribution in [-0.4, -0.2) is 41.9 Å². The number of aliphatic hydroxyl groups is 1. The quantitative estimate of drug-likeness (QED) is 0.796. The first-order chi connectivity index (χ1) is 10.2. The van der Waals surface area contributed by atoms with E-state index < -0.39 is 0 Å².